The predicted octanol–water partition coefficient (Wildman–Crippen LogP) is 2.87. The Hall–Kier alpha value is -1.42. The van der Waals surface area contributed by atoms with Crippen molar-refractivity contribution in [3.8, 4) is 0 Å². The number of nitrogens with zero attached hydrogens (tertiary/aromatic N) is 1. The van der Waals surface area contributed by atoms with E-state index in [2.05, 4.69) is 0 Å². The molecule has 110 valence electrons. The van der Waals surface area contributed by atoms with Crippen molar-refractivity contribution < 1.29 is 9.18 Å². The molecule has 3 nitrogen and oxygen atoms in total. The van der Waals surface area contributed by atoms with Crippen LogP contribution in [0.5, 0.6) is 0 Å². The van der Waals surface area contributed by atoms with Gasteiger partial charge in [-0.25, -0.2) is 4.39 Å². The van der Waals surface area contributed by atoms with Crippen LogP contribution in [0, 0.1) is 12.7 Å². The number of aryl methyl sites for hydroxylation is 1. The van der Waals surface area contributed by atoms with E-state index in [1.807, 2.05) is 11.8 Å². The maximum Gasteiger partial charge on any atom is 0.254 e. The molecule has 0 bridgehead atoms. The van der Waals surface area contributed by atoms with Gasteiger partial charge in [-0.3, -0.25) is 4.79 Å². The fourth-order valence-corrected chi connectivity index (χ4v) is 3.00. The normalized spacial score (nSPS) is 22.6. The van der Waals surface area contributed by atoms with Crippen LogP contribution >= 0.6 is 0 Å². The zero-order valence-electron chi connectivity index (χ0n) is 12.2. The molecule has 0 aliphatic heterocycles. The summed E-state index contributed by atoms with van der Waals surface area (Å²) in [6.07, 6.45) is 3.86. The molecule has 1 aliphatic carbocycles. The van der Waals surface area contributed by atoms with E-state index in [0.717, 1.165) is 25.7 Å². The highest BCUT2D eigenvalue weighted by Gasteiger charge is 2.27. The zero-order valence-corrected chi connectivity index (χ0v) is 12.2. The molecule has 0 atom stereocenters. The summed E-state index contributed by atoms with van der Waals surface area (Å²) >= 11 is 0. The van der Waals surface area contributed by atoms with Gasteiger partial charge < -0.3 is 10.6 Å². The van der Waals surface area contributed by atoms with Crippen LogP contribution in [-0.2, 0) is 0 Å². The molecule has 20 heavy (non-hydrogen) atoms. The topological polar surface area (TPSA) is 46.3 Å². The van der Waals surface area contributed by atoms with E-state index >= 15 is 0 Å². The first-order valence-corrected chi connectivity index (χ1v) is 7.35. The maximum atomic E-state index is 13.2. The molecule has 4 heteroatoms. The summed E-state index contributed by atoms with van der Waals surface area (Å²) in [7, 11) is 0. The molecular weight excluding hydrogens is 255 g/mol. The van der Waals surface area contributed by atoms with E-state index < -0.39 is 0 Å². The lowest BCUT2D eigenvalue weighted by Gasteiger charge is -2.35. The van der Waals surface area contributed by atoms with Crippen molar-refractivity contribution in [1.29, 1.82) is 0 Å². The Morgan fingerprint density at radius 2 is 2.00 bits per heavy atom. The van der Waals surface area contributed by atoms with Crippen molar-refractivity contribution in [3.05, 3.63) is 35.1 Å². The molecule has 1 aromatic carbocycles. The molecule has 1 amide bonds. The second-order valence-corrected chi connectivity index (χ2v) is 5.62. The SMILES string of the molecule is CCN(C(=O)c1ccc(F)cc1C)C1CCC(N)CC1. The molecule has 0 radical (unpaired) electrons. The van der Waals surface area contributed by atoms with Crippen molar-refractivity contribution in [2.45, 2.75) is 51.6 Å². The summed E-state index contributed by atoms with van der Waals surface area (Å²) in [4.78, 5) is 14.6. The molecule has 0 heterocycles. The summed E-state index contributed by atoms with van der Waals surface area (Å²) in [5, 5.41) is 0. The van der Waals surface area contributed by atoms with Gasteiger partial charge >= 0.3 is 0 Å². The molecule has 0 spiro atoms. The largest absolute Gasteiger partial charge is 0.336 e. The average molecular weight is 278 g/mol. The maximum absolute atomic E-state index is 13.2. The van der Waals surface area contributed by atoms with E-state index in [1.54, 1.807) is 13.0 Å². The van der Waals surface area contributed by atoms with E-state index in [0.29, 0.717) is 17.7 Å². The van der Waals surface area contributed by atoms with Gasteiger partial charge in [-0.2, -0.15) is 0 Å². The molecule has 0 saturated heterocycles. The van der Waals surface area contributed by atoms with Gasteiger partial charge in [-0.1, -0.05) is 0 Å². The molecule has 1 saturated carbocycles. The Labute approximate surface area is 120 Å². The van der Waals surface area contributed by atoms with Gasteiger partial charge in [0.05, 0.1) is 0 Å². The van der Waals surface area contributed by atoms with Gasteiger partial charge in [0, 0.05) is 24.2 Å². The highest BCUT2D eigenvalue weighted by Crippen LogP contribution is 2.24. The number of hydrogen-bond donors (Lipinski definition) is 1. The lowest BCUT2D eigenvalue weighted by atomic mass is 9.90. The van der Waals surface area contributed by atoms with Crippen molar-refractivity contribution in [1.82, 2.24) is 4.90 Å². The van der Waals surface area contributed by atoms with E-state index in [4.69, 9.17) is 5.73 Å². The second kappa shape index (κ2) is 6.35. The molecule has 1 aromatic rings. The first kappa shape index (κ1) is 15.0. The van der Waals surface area contributed by atoms with E-state index in [1.165, 1.54) is 12.1 Å². The smallest absolute Gasteiger partial charge is 0.254 e. The van der Waals surface area contributed by atoms with Crippen LogP contribution < -0.4 is 5.73 Å². The zero-order chi connectivity index (χ0) is 14.7. The fourth-order valence-electron chi connectivity index (χ4n) is 3.00. The minimum atomic E-state index is -0.300. The average Bonchev–Trinajstić information content (AvgIpc) is 2.41. The van der Waals surface area contributed by atoms with Crippen LogP contribution in [0.1, 0.15) is 48.5 Å². The van der Waals surface area contributed by atoms with Crippen LogP contribution in [0.3, 0.4) is 0 Å². The summed E-state index contributed by atoms with van der Waals surface area (Å²) in [5.74, 6) is -0.295. The standard InChI is InChI=1S/C16H23FN2O/c1-3-19(14-7-5-13(18)6-8-14)16(20)15-9-4-12(17)10-11(15)2/h4,9-10,13-14H,3,5-8,18H2,1-2H3. The van der Waals surface area contributed by atoms with Gasteiger partial charge in [0.2, 0.25) is 0 Å². The van der Waals surface area contributed by atoms with E-state index in [9.17, 15) is 9.18 Å². The molecular formula is C16H23FN2O. The number of halogens is 1. The van der Waals surface area contributed by atoms with Crippen molar-refractivity contribution in [2.75, 3.05) is 6.54 Å². The molecule has 2 N–H and O–H groups in total. The van der Waals surface area contributed by atoms with Gasteiger partial charge in [0.15, 0.2) is 0 Å². The highest BCUT2D eigenvalue weighted by atomic mass is 19.1. The Kier molecular flexibility index (Phi) is 4.76. The Morgan fingerprint density at radius 3 is 2.55 bits per heavy atom. The molecule has 2 rings (SSSR count). The lowest BCUT2D eigenvalue weighted by Crippen LogP contribution is -2.44. The predicted molar refractivity (Wildman–Crippen MR) is 78.1 cm³/mol. The fraction of sp³-hybridized carbons (Fsp3) is 0.562. The van der Waals surface area contributed by atoms with Gasteiger partial charge in [0.25, 0.3) is 5.91 Å². The third-order valence-electron chi connectivity index (χ3n) is 4.20. The Morgan fingerprint density at radius 1 is 1.35 bits per heavy atom. The number of amides is 1. The number of hydrogen-bond acceptors (Lipinski definition) is 2. The van der Waals surface area contributed by atoms with Crippen molar-refractivity contribution in [3.63, 3.8) is 0 Å². The van der Waals surface area contributed by atoms with Crippen LogP contribution in [0.2, 0.25) is 0 Å². The third kappa shape index (κ3) is 3.18. The van der Waals surface area contributed by atoms with Crippen LogP contribution in [-0.4, -0.2) is 29.4 Å². The lowest BCUT2D eigenvalue weighted by molar-refractivity contribution is 0.0640. The number of benzene rings is 1. The quantitative estimate of drug-likeness (QED) is 0.924. The first-order chi connectivity index (χ1) is 9.52. The van der Waals surface area contributed by atoms with Crippen LogP contribution in [0.15, 0.2) is 18.2 Å². The minimum Gasteiger partial charge on any atom is -0.336 e. The highest BCUT2D eigenvalue weighted by molar-refractivity contribution is 5.95. The van der Waals surface area contributed by atoms with Crippen molar-refractivity contribution in [2.24, 2.45) is 5.73 Å². The van der Waals surface area contributed by atoms with Gasteiger partial charge in [-0.15, -0.1) is 0 Å². The minimum absolute atomic E-state index is 0.00507. The van der Waals surface area contributed by atoms with Gasteiger partial charge in [0.1, 0.15) is 5.82 Å². The number of carbonyl (C=O) groups is 1. The number of carbonyl (C=O) groups excluding carboxylic acids is 1. The molecule has 1 fully saturated rings. The third-order valence-corrected chi connectivity index (χ3v) is 4.20. The second-order valence-electron chi connectivity index (χ2n) is 5.62. The Bertz CT molecular complexity index is 481. The number of nitrogens with two attached hydrogens (primary N) is 1. The summed E-state index contributed by atoms with van der Waals surface area (Å²) in [5.41, 5.74) is 7.22. The van der Waals surface area contributed by atoms with E-state index in [-0.39, 0.29) is 23.8 Å². The van der Waals surface area contributed by atoms with Crippen LogP contribution in [0.25, 0.3) is 0 Å². The molecule has 0 unspecified atom stereocenters. The summed E-state index contributed by atoms with van der Waals surface area (Å²) in [6.45, 7) is 4.45. The summed E-state index contributed by atoms with van der Waals surface area (Å²) in [6, 6.07) is 4.89. The molecule has 0 aromatic heterocycles. The monoisotopic (exact) mass is 278 g/mol. The first-order valence-electron chi connectivity index (χ1n) is 7.35. The number of rotatable bonds is 3. The molecule has 1 aliphatic rings. The Balaban J connectivity index is 2.16. The summed E-state index contributed by atoms with van der Waals surface area (Å²) < 4.78 is 13.2. The van der Waals surface area contributed by atoms with Gasteiger partial charge in [-0.05, 0) is 63.3 Å². The van der Waals surface area contributed by atoms with Crippen molar-refractivity contribution >= 4 is 5.91 Å². The van der Waals surface area contributed by atoms with Crippen LogP contribution in [0.4, 0.5) is 4.39 Å².